The number of hydrogen-bond donors (Lipinski definition) is 1. The Bertz CT molecular complexity index is 318. The molecule has 14 heavy (non-hydrogen) atoms. The molecular weight excluding hydrogens is 190 g/mol. The number of hydrogen-bond acceptors (Lipinski definition) is 2. The highest BCUT2D eigenvalue weighted by Crippen LogP contribution is 2.35. The Morgan fingerprint density at radius 2 is 2.21 bits per heavy atom. The highest BCUT2D eigenvalue weighted by Gasteiger charge is 2.20. The third-order valence-electron chi connectivity index (χ3n) is 2.68. The van der Waals surface area contributed by atoms with Crippen LogP contribution in [0.25, 0.3) is 0 Å². The van der Waals surface area contributed by atoms with Gasteiger partial charge in [-0.2, -0.15) is 0 Å². The molecule has 1 fully saturated rings. The average Bonchev–Trinajstić information content (AvgIpc) is 2.92. The smallest absolute Gasteiger partial charge is 0.0317 e. The Labute approximate surface area is 90.1 Å². The molecule has 0 unspecified atom stereocenters. The van der Waals surface area contributed by atoms with Gasteiger partial charge in [0.2, 0.25) is 0 Å². The Hall–Kier alpha value is -0.630. The number of nitrogen functional groups attached to an aromatic ring is 1. The van der Waals surface area contributed by atoms with Crippen LogP contribution in [0.4, 0.5) is 5.69 Å². The van der Waals surface area contributed by atoms with Gasteiger partial charge in [0.05, 0.1) is 0 Å². The molecule has 0 atom stereocenters. The molecular formula is C12H17NS. The molecule has 0 aliphatic heterocycles. The van der Waals surface area contributed by atoms with Gasteiger partial charge in [0.15, 0.2) is 0 Å². The van der Waals surface area contributed by atoms with Crippen molar-refractivity contribution in [1.29, 1.82) is 0 Å². The van der Waals surface area contributed by atoms with Crippen molar-refractivity contribution in [1.82, 2.24) is 0 Å². The van der Waals surface area contributed by atoms with Crippen LogP contribution in [0, 0.1) is 12.8 Å². The molecule has 1 saturated carbocycles. The van der Waals surface area contributed by atoms with E-state index in [1.165, 1.54) is 35.5 Å². The van der Waals surface area contributed by atoms with E-state index in [0.29, 0.717) is 0 Å². The van der Waals surface area contributed by atoms with Gasteiger partial charge in [-0.1, -0.05) is 12.8 Å². The van der Waals surface area contributed by atoms with Gasteiger partial charge in [0, 0.05) is 10.6 Å². The first-order chi connectivity index (χ1) is 6.75. The van der Waals surface area contributed by atoms with E-state index >= 15 is 0 Å². The molecule has 1 aliphatic carbocycles. The molecule has 0 aromatic heterocycles. The molecule has 1 nitrogen and oxygen atoms in total. The lowest BCUT2D eigenvalue weighted by molar-refractivity contribution is 0.809. The first-order valence-electron chi connectivity index (χ1n) is 5.24. The number of aryl methyl sites for hydroxylation is 1. The predicted octanol–water partition coefficient (Wildman–Crippen LogP) is 3.47. The summed E-state index contributed by atoms with van der Waals surface area (Å²) < 4.78 is 0. The van der Waals surface area contributed by atoms with Crippen LogP contribution in [0.15, 0.2) is 23.1 Å². The second-order valence-corrected chi connectivity index (χ2v) is 5.24. The summed E-state index contributed by atoms with van der Waals surface area (Å²) >= 11 is 1.97. The van der Waals surface area contributed by atoms with Crippen molar-refractivity contribution in [3.63, 3.8) is 0 Å². The summed E-state index contributed by atoms with van der Waals surface area (Å²) in [6.45, 7) is 2.13. The van der Waals surface area contributed by atoms with Crippen LogP contribution in [0.3, 0.4) is 0 Å². The number of nitrogens with two attached hydrogens (primary N) is 1. The van der Waals surface area contributed by atoms with Crippen molar-refractivity contribution < 1.29 is 0 Å². The maximum absolute atomic E-state index is 5.71. The van der Waals surface area contributed by atoms with Crippen molar-refractivity contribution in [2.75, 3.05) is 11.5 Å². The number of anilines is 1. The SMILES string of the molecule is Cc1cc(N)ccc1SCCC1CC1. The first kappa shape index (κ1) is 9.91. The van der Waals surface area contributed by atoms with E-state index in [9.17, 15) is 0 Å². The second kappa shape index (κ2) is 4.26. The molecule has 2 N–H and O–H groups in total. The maximum atomic E-state index is 5.71. The van der Waals surface area contributed by atoms with Crippen molar-refractivity contribution in [2.45, 2.75) is 31.1 Å². The molecule has 1 aromatic rings. The van der Waals surface area contributed by atoms with Gasteiger partial charge < -0.3 is 5.73 Å². The maximum Gasteiger partial charge on any atom is 0.0317 e. The molecule has 2 rings (SSSR count). The molecule has 0 heterocycles. The fraction of sp³-hybridized carbons (Fsp3) is 0.500. The molecule has 0 amide bonds. The molecule has 2 heteroatoms. The molecule has 1 aliphatic rings. The van der Waals surface area contributed by atoms with Gasteiger partial charge in [-0.15, -0.1) is 11.8 Å². The van der Waals surface area contributed by atoms with Crippen molar-refractivity contribution >= 4 is 17.4 Å². The lowest BCUT2D eigenvalue weighted by Gasteiger charge is -2.05. The van der Waals surface area contributed by atoms with Crippen LogP contribution in [0.1, 0.15) is 24.8 Å². The van der Waals surface area contributed by atoms with E-state index in [1.807, 2.05) is 17.8 Å². The summed E-state index contributed by atoms with van der Waals surface area (Å²) in [5.74, 6) is 2.30. The van der Waals surface area contributed by atoms with Gasteiger partial charge in [0.25, 0.3) is 0 Å². The largest absolute Gasteiger partial charge is 0.399 e. The molecule has 0 saturated heterocycles. The van der Waals surface area contributed by atoms with Crippen LogP contribution < -0.4 is 5.73 Å². The predicted molar refractivity (Wildman–Crippen MR) is 63.7 cm³/mol. The Kier molecular flexibility index (Phi) is 3.02. The lowest BCUT2D eigenvalue weighted by atomic mass is 10.2. The van der Waals surface area contributed by atoms with E-state index in [0.717, 1.165) is 11.6 Å². The van der Waals surface area contributed by atoms with Crippen molar-refractivity contribution in [3.05, 3.63) is 23.8 Å². The summed E-state index contributed by atoms with van der Waals surface area (Å²) in [4.78, 5) is 1.39. The zero-order valence-electron chi connectivity index (χ0n) is 8.62. The van der Waals surface area contributed by atoms with Crippen LogP contribution in [0.2, 0.25) is 0 Å². The number of thioether (sulfide) groups is 1. The highest BCUT2D eigenvalue weighted by molar-refractivity contribution is 7.99. The van der Waals surface area contributed by atoms with E-state index < -0.39 is 0 Å². The zero-order valence-corrected chi connectivity index (χ0v) is 9.44. The number of rotatable bonds is 4. The molecule has 0 bridgehead atoms. The third-order valence-corrected chi connectivity index (χ3v) is 3.89. The summed E-state index contributed by atoms with van der Waals surface area (Å²) in [7, 11) is 0. The minimum Gasteiger partial charge on any atom is -0.399 e. The van der Waals surface area contributed by atoms with Crippen LogP contribution in [0.5, 0.6) is 0 Å². The van der Waals surface area contributed by atoms with Crippen LogP contribution in [-0.2, 0) is 0 Å². The van der Waals surface area contributed by atoms with Gasteiger partial charge >= 0.3 is 0 Å². The summed E-state index contributed by atoms with van der Waals surface area (Å²) in [6, 6.07) is 6.19. The fourth-order valence-electron chi connectivity index (χ4n) is 1.58. The summed E-state index contributed by atoms with van der Waals surface area (Å²) in [6.07, 6.45) is 4.30. The topological polar surface area (TPSA) is 26.0 Å². The molecule has 0 radical (unpaired) electrons. The van der Waals surface area contributed by atoms with Gasteiger partial charge in [0.1, 0.15) is 0 Å². The van der Waals surface area contributed by atoms with Gasteiger partial charge in [-0.3, -0.25) is 0 Å². The van der Waals surface area contributed by atoms with Gasteiger partial charge in [-0.05, 0) is 48.8 Å². The third kappa shape index (κ3) is 2.68. The van der Waals surface area contributed by atoms with Crippen molar-refractivity contribution in [3.8, 4) is 0 Å². The minimum atomic E-state index is 0.869. The molecule has 0 spiro atoms. The highest BCUT2D eigenvalue weighted by atomic mass is 32.2. The van der Waals surface area contributed by atoms with Crippen molar-refractivity contribution in [2.24, 2.45) is 5.92 Å². The van der Waals surface area contributed by atoms with Crippen LogP contribution >= 0.6 is 11.8 Å². The van der Waals surface area contributed by atoms with E-state index in [4.69, 9.17) is 5.73 Å². The Balaban J connectivity index is 1.87. The first-order valence-corrected chi connectivity index (χ1v) is 6.23. The monoisotopic (exact) mass is 207 g/mol. The quantitative estimate of drug-likeness (QED) is 0.604. The summed E-state index contributed by atoms with van der Waals surface area (Å²) in [5, 5.41) is 0. The lowest BCUT2D eigenvalue weighted by Crippen LogP contribution is -1.88. The summed E-state index contributed by atoms with van der Waals surface area (Å²) in [5.41, 5.74) is 7.89. The molecule has 76 valence electrons. The zero-order chi connectivity index (χ0) is 9.97. The average molecular weight is 207 g/mol. The second-order valence-electron chi connectivity index (χ2n) is 4.11. The Morgan fingerprint density at radius 1 is 1.43 bits per heavy atom. The standard InChI is InChI=1S/C12H17NS/c1-9-8-11(13)4-5-12(9)14-7-6-10-2-3-10/h4-5,8,10H,2-3,6-7,13H2,1H3. The van der Waals surface area contributed by atoms with Gasteiger partial charge in [-0.25, -0.2) is 0 Å². The Morgan fingerprint density at radius 3 is 2.86 bits per heavy atom. The van der Waals surface area contributed by atoms with E-state index in [1.54, 1.807) is 0 Å². The van der Waals surface area contributed by atoms with E-state index in [-0.39, 0.29) is 0 Å². The van der Waals surface area contributed by atoms with E-state index in [2.05, 4.69) is 19.1 Å². The fourth-order valence-corrected chi connectivity index (χ4v) is 2.70. The van der Waals surface area contributed by atoms with Crippen LogP contribution in [-0.4, -0.2) is 5.75 Å². The molecule has 1 aromatic carbocycles. The normalized spacial score (nSPS) is 15.8. The number of benzene rings is 1. The minimum absolute atomic E-state index is 0.869.